The second kappa shape index (κ2) is 4.82. The zero-order valence-corrected chi connectivity index (χ0v) is 9.70. The molecule has 76 valence electrons. The highest BCUT2D eigenvalue weighted by atomic mass is 79.9. The molecule has 5 heteroatoms. The van der Waals surface area contributed by atoms with Crippen molar-refractivity contribution in [3.05, 3.63) is 34.3 Å². The average molecular weight is 276 g/mol. The Morgan fingerprint density at radius 2 is 1.93 bits per heavy atom. The van der Waals surface area contributed by atoms with Gasteiger partial charge < -0.3 is 10.8 Å². The smallest absolute Gasteiger partial charge is 0.321 e. The van der Waals surface area contributed by atoms with Gasteiger partial charge in [0, 0.05) is 4.47 Å². The summed E-state index contributed by atoms with van der Waals surface area (Å²) in [5, 5.41) is 8.20. The Balaban J connectivity index is 2.84. The van der Waals surface area contributed by atoms with Crippen molar-refractivity contribution in [3.63, 3.8) is 0 Å². The maximum Gasteiger partial charge on any atom is 0.321 e. The number of nitrogens with two attached hydrogens (primary N) is 1. The minimum absolute atomic E-state index is 0.486. The van der Waals surface area contributed by atoms with Crippen molar-refractivity contribution in [3.8, 4) is 0 Å². The van der Waals surface area contributed by atoms with Gasteiger partial charge >= 0.3 is 5.97 Å². The van der Waals surface area contributed by atoms with Crippen LogP contribution in [0.4, 0.5) is 0 Å². The molecule has 3 nitrogen and oxygen atoms in total. The Hall–Kier alpha value is -0.520. The van der Waals surface area contributed by atoms with Gasteiger partial charge in [0.25, 0.3) is 0 Å². The molecule has 0 amide bonds. The molecule has 2 atom stereocenters. The van der Waals surface area contributed by atoms with Gasteiger partial charge in [-0.1, -0.05) is 28.1 Å². The van der Waals surface area contributed by atoms with Gasteiger partial charge in [0.15, 0.2) is 0 Å². The van der Waals surface area contributed by atoms with Gasteiger partial charge in [-0.15, -0.1) is 0 Å². The predicted molar refractivity (Wildman–Crippen MR) is 61.5 cm³/mol. The van der Waals surface area contributed by atoms with Crippen LogP contribution < -0.4 is 5.73 Å². The third-order valence-corrected chi connectivity index (χ3v) is 2.98. The number of carboxylic acid groups (broad SMARTS) is 1. The van der Waals surface area contributed by atoms with Crippen LogP contribution >= 0.6 is 28.6 Å². The fourth-order valence-corrected chi connectivity index (χ4v) is 1.57. The van der Waals surface area contributed by atoms with Crippen LogP contribution in [0.3, 0.4) is 0 Å². The van der Waals surface area contributed by atoms with Crippen LogP contribution in [0.2, 0.25) is 0 Å². The van der Waals surface area contributed by atoms with E-state index in [1.165, 1.54) is 0 Å². The monoisotopic (exact) mass is 275 g/mol. The summed E-state index contributed by atoms with van der Waals surface area (Å²) in [5.74, 6) is -1.05. The number of thiol groups is 1. The van der Waals surface area contributed by atoms with Gasteiger partial charge in [-0.05, 0) is 17.7 Å². The van der Waals surface area contributed by atoms with Crippen molar-refractivity contribution in [1.82, 2.24) is 0 Å². The van der Waals surface area contributed by atoms with Crippen molar-refractivity contribution in [2.75, 3.05) is 0 Å². The second-order valence-corrected chi connectivity index (χ2v) is 4.33. The van der Waals surface area contributed by atoms with E-state index in [1.807, 2.05) is 12.1 Å². The summed E-state index contributed by atoms with van der Waals surface area (Å²) in [6.45, 7) is 0. The maximum atomic E-state index is 10.6. The molecular formula is C9H10BrNO2S. The quantitative estimate of drug-likeness (QED) is 0.738. The van der Waals surface area contributed by atoms with E-state index >= 15 is 0 Å². The van der Waals surface area contributed by atoms with E-state index in [4.69, 9.17) is 10.8 Å². The molecule has 0 aliphatic heterocycles. The highest BCUT2D eigenvalue weighted by molar-refractivity contribution is 9.10. The van der Waals surface area contributed by atoms with E-state index in [0.717, 1.165) is 10.0 Å². The molecule has 0 saturated heterocycles. The topological polar surface area (TPSA) is 63.3 Å². The van der Waals surface area contributed by atoms with Crippen molar-refractivity contribution in [1.29, 1.82) is 0 Å². The zero-order chi connectivity index (χ0) is 10.7. The molecule has 0 aliphatic rings. The van der Waals surface area contributed by atoms with Crippen molar-refractivity contribution in [2.24, 2.45) is 5.73 Å². The molecule has 0 aromatic heterocycles. The van der Waals surface area contributed by atoms with Gasteiger partial charge in [0.1, 0.15) is 6.04 Å². The number of aliphatic carboxylic acids is 1. The molecule has 0 saturated carbocycles. The number of rotatable bonds is 3. The van der Waals surface area contributed by atoms with E-state index in [9.17, 15) is 4.79 Å². The van der Waals surface area contributed by atoms with E-state index in [-0.39, 0.29) is 0 Å². The number of halogens is 1. The van der Waals surface area contributed by atoms with Gasteiger partial charge in [0.2, 0.25) is 0 Å². The van der Waals surface area contributed by atoms with Gasteiger partial charge in [-0.3, -0.25) is 4.79 Å². The highest BCUT2D eigenvalue weighted by Gasteiger charge is 2.21. The van der Waals surface area contributed by atoms with Crippen LogP contribution in [0.5, 0.6) is 0 Å². The van der Waals surface area contributed by atoms with Crippen LogP contribution in [0.1, 0.15) is 10.8 Å². The van der Waals surface area contributed by atoms with Gasteiger partial charge in [-0.25, -0.2) is 0 Å². The fourth-order valence-electron chi connectivity index (χ4n) is 1.00. The summed E-state index contributed by atoms with van der Waals surface area (Å²) < 4.78 is 0.936. The van der Waals surface area contributed by atoms with Crippen LogP contribution in [0, 0.1) is 0 Å². The molecule has 0 aliphatic carbocycles. The Morgan fingerprint density at radius 1 is 1.43 bits per heavy atom. The third-order valence-electron chi connectivity index (χ3n) is 1.84. The fraction of sp³-hybridized carbons (Fsp3) is 0.222. The SMILES string of the molecule is NC(C(=O)O)C(S)c1ccc(Br)cc1. The Morgan fingerprint density at radius 3 is 2.36 bits per heavy atom. The molecule has 0 radical (unpaired) electrons. The Kier molecular flexibility index (Phi) is 3.97. The summed E-state index contributed by atoms with van der Waals surface area (Å²) >= 11 is 7.45. The number of carboxylic acids is 1. The first-order chi connectivity index (χ1) is 6.52. The van der Waals surface area contributed by atoms with Crippen LogP contribution in [0.15, 0.2) is 28.7 Å². The third kappa shape index (κ3) is 2.73. The molecule has 14 heavy (non-hydrogen) atoms. The number of hydrogen-bond acceptors (Lipinski definition) is 3. The summed E-state index contributed by atoms with van der Waals surface area (Å²) in [5.41, 5.74) is 6.24. The minimum atomic E-state index is -1.05. The predicted octanol–water partition coefficient (Wildman–Crippen LogP) is 1.83. The lowest BCUT2D eigenvalue weighted by Gasteiger charge is -2.15. The van der Waals surface area contributed by atoms with E-state index < -0.39 is 17.3 Å². The van der Waals surface area contributed by atoms with Crippen molar-refractivity contribution < 1.29 is 9.90 Å². The molecule has 1 rings (SSSR count). The summed E-state index contributed by atoms with van der Waals surface area (Å²) in [6.07, 6.45) is 0. The normalized spacial score (nSPS) is 14.8. The summed E-state index contributed by atoms with van der Waals surface area (Å²) in [7, 11) is 0. The highest BCUT2D eigenvalue weighted by Crippen LogP contribution is 2.24. The molecule has 1 aromatic rings. The lowest BCUT2D eigenvalue weighted by Crippen LogP contribution is -2.34. The summed E-state index contributed by atoms with van der Waals surface area (Å²) in [6, 6.07) is 6.26. The second-order valence-electron chi connectivity index (χ2n) is 2.86. The first-order valence-corrected chi connectivity index (χ1v) is 5.25. The lowest BCUT2D eigenvalue weighted by atomic mass is 10.1. The lowest BCUT2D eigenvalue weighted by molar-refractivity contribution is -0.138. The van der Waals surface area contributed by atoms with Crippen LogP contribution in [-0.4, -0.2) is 17.1 Å². The zero-order valence-electron chi connectivity index (χ0n) is 7.22. The Labute approximate surface area is 95.8 Å². The average Bonchev–Trinajstić information content (AvgIpc) is 2.16. The van der Waals surface area contributed by atoms with E-state index in [1.54, 1.807) is 12.1 Å². The first kappa shape index (κ1) is 11.6. The molecule has 0 bridgehead atoms. The molecule has 1 aromatic carbocycles. The van der Waals surface area contributed by atoms with Crippen molar-refractivity contribution >= 4 is 34.5 Å². The molecular weight excluding hydrogens is 266 g/mol. The summed E-state index contributed by atoms with van der Waals surface area (Å²) in [4.78, 5) is 10.6. The minimum Gasteiger partial charge on any atom is -0.480 e. The molecule has 2 unspecified atom stereocenters. The van der Waals surface area contributed by atoms with E-state index in [2.05, 4.69) is 28.6 Å². The largest absolute Gasteiger partial charge is 0.480 e. The Bertz CT molecular complexity index is 328. The molecule has 0 fully saturated rings. The number of benzene rings is 1. The van der Waals surface area contributed by atoms with Crippen LogP contribution in [-0.2, 0) is 4.79 Å². The van der Waals surface area contributed by atoms with Crippen molar-refractivity contribution in [2.45, 2.75) is 11.3 Å². The molecule has 0 spiro atoms. The maximum absolute atomic E-state index is 10.6. The number of carbonyl (C=O) groups is 1. The number of hydrogen-bond donors (Lipinski definition) is 3. The van der Waals surface area contributed by atoms with Crippen LogP contribution in [0.25, 0.3) is 0 Å². The van der Waals surface area contributed by atoms with Gasteiger partial charge in [-0.2, -0.15) is 12.6 Å². The first-order valence-electron chi connectivity index (χ1n) is 3.94. The molecule has 0 heterocycles. The van der Waals surface area contributed by atoms with Gasteiger partial charge in [0.05, 0.1) is 5.25 Å². The molecule has 3 N–H and O–H groups in total. The van der Waals surface area contributed by atoms with E-state index in [0.29, 0.717) is 0 Å². The standard InChI is InChI=1S/C9H10BrNO2S/c10-6-3-1-5(2-4-6)8(14)7(11)9(12)13/h1-4,7-8,14H,11H2,(H,12,13).